The van der Waals surface area contributed by atoms with Gasteiger partial charge in [-0.3, -0.25) is 0 Å². The van der Waals surface area contributed by atoms with Gasteiger partial charge in [-0.15, -0.1) is 9.19 Å². The number of fused-ring (bicyclic) bond motifs is 1. The Bertz CT molecular complexity index is 985. The van der Waals surface area contributed by atoms with Crippen LogP contribution in [0, 0.1) is 0 Å². The van der Waals surface area contributed by atoms with E-state index in [1.54, 1.807) is 24.3 Å². The normalized spacial score (nSPS) is 11.6. The molecule has 0 aliphatic carbocycles. The van der Waals surface area contributed by atoms with Crippen molar-refractivity contribution in [1.29, 1.82) is 0 Å². The zero-order chi connectivity index (χ0) is 16.6. The first kappa shape index (κ1) is 15.8. The topological polar surface area (TPSA) is 83.3 Å². The lowest BCUT2D eigenvalue weighted by molar-refractivity contribution is 0.390. The zero-order valence-corrected chi connectivity index (χ0v) is 14.6. The van der Waals surface area contributed by atoms with Gasteiger partial charge in [-0.05, 0) is 34.1 Å². The molecule has 23 heavy (non-hydrogen) atoms. The van der Waals surface area contributed by atoms with E-state index in [1.165, 1.54) is 26.4 Å². The molecule has 0 spiro atoms. The van der Waals surface area contributed by atoms with E-state index in [4.69, 9.17) is 9.47 Å². The molecule has 0 radical (unpaired) electrons. The first-order chi connectivity index (χ1) is 11.0. The Balaban J connectivity index is 2.28. The zero-order valence-electron chi connectivity index (χ0n) is 12.2. The summed E-state index contributed by atoms with van der Waals surface area (Å²) in [6, 6.07) is 9.72. The molecule has 2 aromatic carbocycles. The van der Waals surface area contributed by atoms with Crippen LogP contribution >= 0.6 is 15.9 Å². The van der Waals surface area contributed by atoms with Crippen molar-refractivity contribution < 1.29 is 17.9 Å². The van der Waals surface area contributed by atoms with Crippen LogP contribution in [0.5, 0.6) is 11.5 Å². The Morgan fingerprint density at radius 2 is 1.78 bits per heavy atom. The summed E-state index contributed by atoms with van der Waals surface area (Å²) in [6.45, 7) is 0. The average Bonchev–Trinajstić information content (AvgIpc) is 2.99. The summed E-state index contributed by atoms with van der Waals surface area (Å²) >= 11 is 3.30. The number of hydrogen-bond donors (Lipinski definition) is 0. The van der Waals surface area contributed by atoms with Gasteiger partial charge in [-0.1, -0.05) is 17.3 Å². The Morgan fingerprint density at radius 3 is 2.48 bits per heavy atom. The van der Waals surface area contributed by atoms with Crippen molar-refractivity contribution in [3.05, 3.63) is 40.9 Å². The lowest BCUT2D eigenvalue weighted by atomic mass is 10.3. The molecule has 0 unspecified atom stereocenters. The van der Waals surface area contributed by atoms with Gasteiger partial charge < -0.3 is 9.47 Å². The molecule has 1 heterocycles. The van der Waals surface area contributed by atoms with Gasteiger partial charge in [0.2, 0.25) is 0 Å². The molecule has 1 aromatic heterocycles. The summed E-state index contributed by atoms with van der Waals surface area (Å²) in [4.78, 5) is -0.0595. The molecule has 7 nitrogen and oxygen atoms in total. The molecule has 120 valence electrons. The fraction of sp³-hybridized carbons (Fsp3) is 0.143. The molecule has 0 amide bonds. The van der Waals surface area contributed by atoms with Gasteiger partial charge in [-0.25, -0.2) is 0 Å². The van der Waals surface area contributed by atoms with Crippen LogP contribution in [0.3, 0.4) is 0 Å². The number of ether oxygens (including phenoxy) is 2. The molecule has 3 rings (SSSR count). The number of nitrogens with zero attached hydrogens (tertiary/aromatic N) is 3. The minimum atomic E-state index is -4.00. The predicted octanol–water partition coefficient (Wildman–Crippen LogP) is 2.45. The Labute approximate surface area is 141 Å². The maximum absolute atomic E-state index is 13.0. The van der Waals surface area contributed by atoms with Gasteiger partial charge >= 0.3 is 0 Å². The largest absolute Gasteiger partial charge is 0.496 e. The number of benzene rings is 2. The summed E-state index contributed by atoms with van der Waals surface area (Å²) in [7, 11) is -1.15. The molecule has 0 bridgehead atoms. The highest BCUT2D eigenvalue weighted by atomic mass is 79.9. The second-order valence-electron chi connectivity index (χ2n) is 4.56. The summed E-state index contributed by atoms with van der Waals surface area (Å²) in [5.74, 6) is 0.547. The van der Waals surface area contributed by atoms with E-state index < -0.39 is 10.0 Å². The summed E-state index contributed by atoms with van der Waals surface area (Å²) in [5.41, 5.74) is 0.871. The van der Waals surface area contributed by atoms with Crippen LogP contribution in [0.4, 0.5) is 0 Å². The predicted molar refractivity (Wildman–Crippen MR) is 87.4 cm³/mol. The first-order valence-electron chi connectivity index (χ1n) is 6.46. The van der Waals surface area contributed by atoms with Crippen LogP contribution in [0.1, 0.15) is 0 Å². The number of rotatable bonds is 4. The van der Waals surface area contributed by atoms with E-state index in [0.717, 1.165) is 4.09 Å². The highest BCUT2D eigenvalue weighted by molar-refractivity contribution is 9.10. The monoisotopic (exact) mass is 397 g/mol. The van der Waals surface area contributed by atoms with Crippen molar-refractivity contribution in [1.82, 2.24) is 14.4 Å². The quantitative estimate of drug-likeness (QED) is 0.672. The van der Waals surface area contributed by atoms with E-state index in [9.17, 15) is 8.42 Å². The number of para-hydroxylation sites is 1. The van der Waals surface area contributed by atoms with Crippen LogP contribution in [-0.2, 0) is 10.0 Å². The van der Waals surface area contributed by atoms with Crippen LogP contribution in [0.25, 0.3) is 11.0 Å². The van der Waals surface area contributed by atoms with Gasteiger partial charge in [0.1, 0.15) is 27.4 Å². The Morgan fingerprint density at radius 1 is 1.09 bits per heavy atom. The lowest BCUT2D eigenvalue weighted by Crippen LogP contribution is -2.16. The fourth-order valence-electron chi connectivity index (χ4n) is 2.15. The minimum absolute atomic E-state index is 0.0595. The molecule has 0 N–H and O–H groups in total. The molecule has 3 aromatic rings. The van der Waals surface area contributed by atoms with E-state index in [1.807, 2.05) is 0 Å². The van der Waals surface area contributed by atoms with Gasteiger partial charge in [0, 0.05) is 6.07 Å². The third-order valence-electron chi connectivity index (χ3n) is 3.27. The van der Waals surface area contributed by atoms with Crippen molar-refractivity contribution >= 4 is 37.0 Å². The molecule has 9 heteroatoms. The van der Waals surface area contributed by atoms with Crippen molar-refractivity contribution in [3.63, 3.8) is 0 Å². The Kier molecular flexibility index (Phi) is 3.99. The maximum atomic E-state index is 13.0. The number of methoxy groups -OCH3 is 2. The molecule has 0 atom stereocenters. The van der Waals surface area contributed by atoms with Crippen LogP contribution in [0.2, 0.25) is 0 Å². The second kappa shape index (κ2) is 5.82. The third kappa shape index (κ3) is 2.55. The molecule has 0 aliphatic rings. The average molecular weight is 398 g/mol. The standard InChI is InChI=1S/C14H12BrN3O4S/c1-21-12-8-14(13(22-2)7-9(12)15)23(19,20)18-11-6-4-3-5-10(11)16-17-18/h3-8H,1-2H3. The molecule has 0 saturated carbocycles. The molecule has 0 saturated heterocycles. The van der Waals surface area contributed by atoms with E-state index in [2.05, 4.69) is 26.2 Å². The van der Waals surface area contributed by atoms with Gasteiger partial charge in [0.05, 0.1) is 18.7 Å². The molecule has 0 fully saturated rings. The van der Waals surface area contributed by atoms with E-state index in [0.29, 0.717) is 21.3 Å². The van der Waals surface area contributed by atoms with Crippen LogP contribution in [-0.4, -0.2) is 37.0 Å². The SMILES string of the molecule is COc1cc(S(=O)(=O)n2nnc3ccccc32)c(OC)cc1Br. The number of aromatic nitrogens is 3. The maximum Gasteiger partial charge on any atom is 0.288 e. The van der Waals surface area contributed by atoms with Gasteiger partial charge in [0.25, 0.3) is 10.0 Å². The van der Waals surface area contributed by atoms with Crippen molar-refractivity contribution in [2.75, 3.05) is 14.2 Å². The van der Waals surface area contributed by atoms with Gasteiger partial charge in [-0.2, -0.15) is 8.42 Å². The second-order valence-corrected chi connectivity index (χ2v) is 7.15. The van der Waals surface area contributed by atoms with E-state index >= 15 is 0 Å². The fourth-order valence-corrected chi connectivity index (χ4v) is 4.02. The van der Waals surface area contributed by atoms with Crippen LogP contribution in [0.15, 0.2) is 45.8 Å². The van der Waals surface area contributed by atoms with Crippen molar-refractivity contribution in [2.24, 2.45) is 0 Å². The number of halogens is 1. The van der Waals surface area contributed by atoms with Gasteiger partial charge in [0.15, 0.2) is 0 Å². The van der Waals surface area contributed by atoms with Crippen molar-refractivity contribution in [3.8, 4) is 11.5 Å². The number of hydrogen-bond acceptors (Lipinski definition) is 6. The third-order valence-corrected chi connectivity index (χ3v) is 5.48. The van der Waals surface area contributed by atoms with E-state index in [-0.39, 0.29) is 10.6 Å². The highest BCUT2D eigenvalue weighted by Crippen LogP contribution is 2.36. The summed E-state index contributed by atoms with van der Waals surface area (Å²) in [5, 5.41) is 7.65. The summed E-state index contributed by atoms with van der Waals surface area (Å²) in [6.07, 6.45) is 0. The first-order valence-corrected chi connectivity index (χ1v) is 8.70. The smallest absolute Gasteiger partial charge is 0.288 e. The van der Waals surface area contributed by atoms with Crippen molar-refractivity contribution in [2.45, 2.75) is 4.90 Å². The molecule has 0 aliphatic heterocycles. The molecular weight excluding hydrogens is 386 g/mol. The highest BCUT2D eigenvalue weighted by Gasteiger charge is 2.27. The lowest BCUT2D eigenvalue weighted by Gasteiger charge is -2.12. The summed E-state index contributed by atoms with van der Waals surface area (Å²) < 4.78 is 37.8. The Hall–Kier alpha value is -2.13. The molecular formula is C14H12BrN3O4S. The van der Waals surface area contributed by atoms with Crippen LogP contribution < -0.4 is 9.47 Å². The minimum Gasteiger partial charge on any atom is -0.496 e.